The van der Waals surface area contributed by atoms with Crippen molar-refractivity contribution in [3.63, 3.8) is 0 Å². The minimum Gasteiger partial charge on any atom is -0.353 e. The molecule has 2 saturated heterocycles. The Bertz CT molecular complexity index is 850. The van der Waals surface area contributed by atoms with Gasteiger partial charge in [-0.3, -0.25) is 9.78 Å². The number of pyridine rings is 1. The maximum Gasteiger partial charge on any atom is 0.274 e. The molecule has 0 saturated carbocycles. The summed E-state index contributed by atoms with van der Waals surface area (Å²) in [5.41, 5.74) is -1.31. The Morgan fingerprint density at radius 2 is 1.93 bits per heavy atom. The molecule has 1 amide bonds. The number of piperidine rings is 1. The Morgan fingerprint density at radius 3 is 2.67 bits per heavy atom. The predicted octanol–water partition coefficient (Wildman–Crippen LogP) is 2.39. The second kappa shape index (κ2) is 6.47. The highest BCUT2D eigenvalue weighted by Gasteiger charge is 2.60. The van der Waals surface area contributed by atoms with Crippen LogP contribution in [0.4, 0.5) is 19.0 Å². The zero-order valence-electron chi connectivity index (χ0n) is 14.5. The number of amides is 1. The highest BCUT2D eigenvalue weighted by atomic mass is 19.3. The summed E-state index contributed by atoms with van der Waals surface area (Å²) in [7, 11) is 0. The molecule has 4 heterocycles. The van der Waals surface area contributed by atoms with E-state index >= 15 is 0 Å². The van der Waals surface area contributed by atoms with Crippen LogP contribution >= 0.6 is 0 Å². The van der Waals surface area contributed by atoms with Gasteiger partial charge in [0.25, 0.3) is 11.8 Å². The summed E-state index contributed by atoms with van der Waals surface area (Å²) < 4.78 is 43.8. The maximum atomic E-state index is 14.9. The highest BCUT2D eigenvalue weighted by Crippen LogP contribution is 2.50. The second-order valence-electron chi connectivity index (χ2n) is 7.03. The SMILES string of the molecule is O=C(c1cnccn1)N1CCC(F)(F)C2(CCN(c3ncccc3F)C2)C1. The molecule has 0 aromatic carbocycles. The molecular weight excluding hydrogens is 359 g/mol. The summed E-state index contributed by atoms with van der Waals surface area (Å²) in [5.74, 6) is -3.84. The predicted molar refractivity (Wildman–Crippen MR) is 91.0 cm³/mol. The molecular formula is C18H18F3N5O. The molecule has 6 nitrogen and oxygen atoms in total. The Labute approximate surface area is 154 Å². The Balaban J connectivity index is 1.59. The second-order valence-corrected chi connectivity index (χ2v) is 7.03. The number of carbonyl (C=O) groups is 1. The van der Waals surface area contributed by atoms with Gasteiger partial charge in [-0.15, -0.1) is 0 Å². The number of halogens is 3. The first-order valence-corrected chi connectivity index (χ1v) is 8.70. The van der Waals surface area contributed by atoms with Gasteiger partial charge in [0.15, 0.2) is 11.6 Å². The molecule has 2 fully saturated rings. The van der Waals surface area contributed by atoms with Gasteiger partial charge in [-0.1, -0.05) is 0 Å². The van der Waals surface area contributed by atoms with Gasteiger partial charge in [-0.05, 0) is 18.6 Å². The normalized spacial score (nSPS) is 24.4. The van der Waals surface area contributed by atoms with Crippen LogP contribution in [0.1, 0.15) is 23.3 Å². The van der Waals surface area contributed by atoms with Gasteiger partial charge in [0.1, 0.15) is 5.69 Å². The molecule has 1 unspecified atom stereocenters. The smallest absolute Gasteiger partial charge is 0.274 e. The summed E-state index contributed by atoms with van der Waals surface area (Å²) in [6, 6.07) is 2.72. The van der Waals surface area contributed by atoms with Crippen molar-refractivity contribution in [3.05, 3.63) is 48.4 Å². The summed E-state index contributed by atoms with van der Waals surface area (Å²) in [4.78, 5) is 27.4. The number of alkyl halides is 2. The van der Waals surface area contributed by atoms with Crippen LogP contribution in [0.15, 0.2) is 36.9 Å². The fourth-order valence-electron chi connectivity index (χ4n) is 3.94. The van der Waals surface area contributed by atoms with Crippen molar-refractivity contribution >= 4 is 11.7 Å². The van der Waals surface area contributed by atoms with Crippen LogP contribution in [0.3, 0.4) is 0 Å². The molecule has 1 spiro atoms. The van der Waals surface area contributed by atoms with Crippen molar-refractivity contribution in [2.24, 2.45) is 5.41 Å². The molecule has 4 rings (SSSR count). The van der Waals surface area contributed by atoms with Crippen molar-refractivity contribution in [3.8, 4) is 0 Å². The van der Waals surface area contributed by atoms with Gasteiger partial charge >= 0.3 is 0 Å². The van der Waals surface area contributed by atoms with E-state index in [-0.39, 0.29) is 44.1 Å². The Kier molecular flexibility index (Phi) is 4.24. The van der Waals surface area contributed by atoms with E-state index in [9.17, 15) is 18.0 Å². The van der Waals surface area contributed by atoms with Crippen LogP contribution in [0.5, 0.6) is 0 Å². The zero-order chi connectivity index (χ0) is 19.1. The van der Waals surface area contributed by atoms with Crippen LogP contribution < -0.4 is 4.90 Å². The minimum atomic E-state index is -2.95. The number of rotatable bonds is 2. The van der Waals surface area contributed by atoms with Crippen molar-refractivity contribution in [1.82, 2.24) is 19.9 Å². The molecule has 2 aliphatic heterocycles. The van der Waals surface area contributed by atoms with E-state index in [1.54, 1.807) is 4.90 Å². The van der Waals surface area contributed by atoms with Gasteiger partial charge in [-0.2, -0.15) is 0 Å². The number of hydrogen-bond donors (Lipinski definition) is 0. The lowest BCUT2D eigenvalue weighted by molar-refractivity contribution is -0.150. The summed E-state index contributed by atoms with van der Waals surface area (Å²) in [6.07, 6.45) is 5.32. The number of anilines is 1. The lowest BCUT2D eigenvalue weighted by Gasteiger charge is -2.45. The first kappa shape index (κ1) is 17.7. The van der Waals surface area contributed by atoms with Crippen molar-refractivity contribution in [1.29, 1.82) is 0 Å². The third kappa shape index (κ3) is 3.00. The van der Waals surface area contributed by atoms with Gasteiger partial charge in [0, 0.05) is 51.2 Å². The van der Waals surface area contributed by atoms with E-state index in [0.717, 1.165) is 0 Å². The monoisotopic (exact) mass is 377 g/mol. The van der Waals surface area contributed by atoms with Gasteiger partial charge in [0.05, 0.1) is 11.6 Å². The van der Waals surface area contributed by atoms with E-state index in [1.807, 2.05) is 0 Å². The van der Waals surface area contributed by atoms with Crippen molar-refractivity contribution < 1.29 is 18.0 Å². The first-order chi connectivity index (χ1) is 12.9. The lowest BCUT2D eigenvalue weighted by Crippen LogP contribution is -2.58. The van der Waals surface area contributed by atoms with Gasteiger partial charge < -0.3 is 9.80 Å². The first-order valence-electron chi connectivity index (χ1n) is 8.70. The molecule has 0 bridgehead atoms. The van der Waals surface area contributed by atoms with E-state index in [2.05, 4.69) is 15.0 Å². The van der Waals surface area contributed by atoms with Crippen LogP contribution in [0, 0.1) is 11.2 Å². The van der Waals surface area contributed by atoms with Gasteiger partial charge in [-0.25, -0.2) is 23.1 Å². The number of nitrogens with zero attached hydrogens (tertiary/aromatic N) is 5. The number of carbonyl (C=O) groups excluding carboxylic acids is 1. The lowest BCUT2D eigenvalue weighted by atomic mass is 9.75. The summed E-state index contributed by atoms with van der Waals surface area (Å²) >= 11 is 0. The zero-order valence-corrected chi connectivity index (χ0v) is 14.5. The van der Waals surface area contributed by atoms with E-state index in [4.69, 9.17) is 0 Å². The molecule has 2 aromatic rings. The molecule has 142 valence electrons. The van der Waals surface area contributed by atoms with Crippen LogP contribution in [-0.4, -0.2) is 57.9 Å². The molecule has 2 aliphatic rings. The number of aromatic nitrogens is 3. The van der Waals surface area contributed by atoms with E-state index in [0.29, 0.717) is 0 Å². The van der Waals surface area contributed by atoms with Crippen LogP contribution in [0.25, 0.3) is 0 Å². The average molecular weight is 377 g/mol. The summed E-state index contributed by atoms with van der Waals surface area (Å²) in [6.45, 7) is 0.0390. The molecule has 2 aromatic heterocycles. The standard InChI is InChI=1S/C18H18F3N5O/c19-13-2-1-5-24-15(13)25-8-3-17(11-25)12-26(9-4-18(17,20)21)16(27)14-10-22-6-7-23-14/h1-2,5-7,10H,3-4,8-9,11-12H2. The minimum absolute atomic E-state index is 0.0535. The number of hydrogen-bond acceptors (Lipinski definition) is 5. The van der Waals surface area contributed by atoms with Crippen molar-refractivity contribution in [2.75, 3.05) is 31.1 Å². The molecule has 27 heavy (non-hydrogen) atoms. The summed E-state index contributed by atoms with van der Waals surface area (Å²) in [5, 5.41) is 0. The number of likely N-dealkylation sites (tertiary alicyclic amines) is 1. The quantitative estimate of drug-likeness (QED) is 0.804. The highest BCUT2D eigenvalue weighted by molar-refractivity contribution is 5.92. The molecule has 0 aliphatic carbocycles. The third-order valence-corrected chi connectivity index (χ3v) is 5.43. The fourth-order valence-corrected chi connectivity index (χ4v) is 3.94. The Hall–Kier alpha value is -2.71. The molecule has 1 atom stereocenters. The van der Waals surface area contributed by atoms with Crippen LogP contribution in [-0.2, 0) is 0 Å². The molecule has 9 heteroatoms. The maximum absolute atomic E-state index is 14.9. The fraction of sp³-hybridized carbons (Fsp3) is 0.444. The van der Waals surface area contributed by atoms with Crippen LogP contribution in [0.2, 0.25) is 0 Å². The molecule has 0 radical (unpaired) electrons. The topological polar surface area (TPSA) is 62.2 Å². The third-order valence-electron chi connectivity index (χ3n) is 5.43. The van der Waals surface area contributed by atoms with Crippen molar-refractivity contribution in [2.45, 2.75) is 18.8 Å². The largest absolute Gasteiger partial charge is 0.353 e. The average Bonchev–Trinajstić information content (AvgIpc) is 3.10. The van der Waals surface area contributed by atoms with E-state index in [1.165, 1.54) is 41.8 Å². The Morgan fingerprint density at radius 1 is 1.07 bits per heavy atom. The molecule has 0 N–H and O–H groups in total. The van der Waals surface area contributed by atoms with E-state index < -0.39 is 29.5 Å². The van der Waals surface area contributed by atoms with Gasteiger partial charge in [0.2, 0.25) is 0 Å².